The predicted octanol–water partition coefficient (Wildman–Crippen LogP) is 1.16. The molecule has 0 bridgehead atoms. The summed E-state index contributed by atoms with van der Waals surface area (Å²) < 4.78 is 0. The zero-order chi connectivity index (χ0) is 16.1. The van der Waals surface area contributed by atoms with Crippen LogP contribution in [0.1, 0.15) is 36.6 Å². The van der Waals surface area contributed by atoms with Gasteiger partial charge in [0.2, 0.25) is 0 Å². The van der Waals surface area contributed by atoms with Crippen LogP contribution >= 0.6 is 0 Å². The molecule has 4 N–H and O–H groups in total. The van der Waals surface area contributed by atoms with Crippen LogP contribution in [0, 0.1) is 0 Å². The molecule has 0 aliphatic rings. The smallest absolute Gasteiger partial charge is 0.275 e. The van der Waals surface area contributed by atoms with Crippen LogP contribution in [0.5, 0.6) is 0 Å². The van der Waals surface area contributed by atoms with E-state index in [4.69, 9.17) is 10.4 Å². The van der Waals surface area contributed by atoms with Crippen molar-refractivity contribution in [3.8, 4) is 0 Å². The highest BCUT2D eigenvalue weighted by Crippen LogP contribution is 2.15. The average Bonchev–Trinajstić information content (AvgIpc) is 2.59. The first-order chi connectivity index (χ1) is 10.6. The molecule has 7 nitrogen and oxygen atoms in total. The fourth-order valence-corrected chi connectivity index (χ4v) is 1.93. The first-order valence-electron chi connectivity index (χ1n) is 6.21. The third-order valence-electron chi connectivity index (χ3n) is 3.03. The van der Waals surface area contributed by atoms with E-state index in [0.717, 1.165) is 0 Å². The van der Waals surface area contributed by atoms with Crippen LogP contribution in [0.3, 0.4) is 0 Å². The molecule has 112 valence electrons. The largest absolute Gasteiger partial charge is 0.289 e. The van der Waals surface area contributed by atoms with Crippen LogP contribution in [0.4, 0.5) is 0 Å². The van der Waals surface area contributed by atoms with Gasteiger partial charge in [0.25, 0.3) is 11.8 Å². The second-order valence-electron chi connectivity index (χ2n) is 4.33. The quantitative estimate of drug-likeness (QED) is 0.384. The number of carbonyl (C=O) groups excluding carboxylic acids is 3. The number of carbonyl (C=O) groups is 3. The van der Waals surface area contributed by atoms with Gasteiger partial charge in [0.05, 0.1) is 5.56 Å². The van der Waals surface area contributed by atoms with Gasteiger partial charge in [-0.05, 0) is 18.2 Å². The summed E-state index contributed by atoms with van der Waals surface area (Å²) in [7, 11) is 0. The normalized spacial score (nSPS) is 9.91. The molecule has 0 aliphatic carbocycles. The summed E-state index contributed by atoms with van der Waals surface area (Å²) in [5.41, 5.74) is 3.57. The Morgan fingerprint density at radius 2 is 1.18 bits per heavy atom. The highest BCUT2D eigenvalue weighted by molar-refractivity contribution is 6.15. The first-order valence-corrected chi connectivity index (χ1v) is 6.21. The molecule has 0 fully saturated rings. The molecule has 22 heavy (non-hydrogen) atoms. The minimum Gasteiger partial charge on any atom is -0.289 e. The maximum Gasteiger partial charge on any atom is 0.275 e. The summed E-state index contributed by atoms with van der Waals surface area (Å²) in [6.45, 7) is 0. The van der Waals surface area contributed by atoms with E-state index in [-0.39, 0.29) is 22.3 Å². The molecular formula is C15H12N2O5. The third-order valence-corrected chi connectivity index (χ3v) is 3.03. The van der Waals surface area contributed by atoms with Crippen LogP contribution in [0.2, 0.25) is 0 Å². The molecule has 2 rings (SSSR count). The van der Waals surface area contributed by atoms with Crippen LogP contribution in [0.25, 0.3) is 0 Å². The average molecular weight is 300 g/mol. The van der Waals surface area contributed by atoms with Gasteiger partial charge in [-0.1, -0.05) is 30.3 Å². The van der Waals surface area contributed by atoms with E-state index in [1.165, 1.54) is 47.4 Å². The Labute approximate surface area is 125 Å². The predicted molar refractivity (Wildman–Crippen MR) is 74.8 cm³/mol. The minimum atomic E-state index is -0.791. The summed E-state index contributed by atoms with van der Waals surface area (Å²) >= 11 is 0. The molecule has 2 amide bonds. The SMILES string of the molecule is O=C(NO)c1ccc(C(=O)c2ccccc2C(=O)NO)cc1. The van der Waals surface area contributed by atoms with Gasteiger partial charge in [0, 0.05) is 16.7 Å². The third kappa shape index (κ3) is 3.00. The zero-order valence-electron chi connectivity index (χ0n) is 11.2. The summed E-state index contributed by atoms with van der Waals surface area (Å²) in [6, 6.07) is 11.6. The second-order valence-corrected chi connectivity index (χ2v) is 4.33. The molecular weight excluding hydrogens is 288 g/mol. The topological polar surface area (TPSA) is 116 Å². The molecule has 0 heterocycles. The molecule has 2 aromatic rings. The lowest BCUT2D eigenvalue weighted by atomic mass is 9.97. The fourth-order valence-electron chi connectivity index (χ4n) is 1.93. The Bertz CT molecular complexity index is 725. The van der Waals surface area contributed by atoms with E-state index in [9.17, 15) is 14.4 Å². The molecule has 0 atom stereocenters. The van der Waals surface area contributed by atoms with Crippen LogP contribution in [-0.2, 0) is 0 Å². The van der Waals surface area contributed by atoms with Crippen LogP contribution in [0.15, 0.2) is 48.5 Å². The van der Waals surface area contributed by atoms with Crippen molar-refractivity contribution < 1.29 is 24.8 Å². The number of hydrogen-bond acceptors (Lipinski definition) is 5. The number of hydrogen-bond donors (Lipinski definition) is 4. The van der Waals surface area contributed by atoms with Gasteiger partial charge in [-0.2, -0.15) is 0 Å². The van der Waals surface area contributed by atoms with E-state index in [1.807, 2.05) is 0 Å². The van der Waals surface area contributed by atoms with Crippen molar-refractivity contribution in [2.24, 2.45) is 0 Å². The van der Waals surface area contributed by atoms with Gasteiger partial charge >= 0.3 is 0 Å². The zero-order valence-corrected chi connectivity index (χ0v) is 11.2. The number of benzene rings is 2. The van der Waals surface area contributed by atoms with Gasteiger partial charge in [-0.15, -0.1) is 0 Å². The molecule has 0 spiro atoms. The van der Waals surface area contributed by atoms with E-state index in [0.29, 0.717) is 0 Å². The van der Waals surface area contributed by atoms with Crippen molar-refractivity contribution in [1.29, 1.82) is 0 Å². The molecule has 0 radical (unpaired) electrons. The molecule has 2 aromatic carbocycles. The lowest BCUT2D eigenvalue weighted by Gasteiger charge is -2.07. The van der Waals surface area contributed by atoms with Crippen molar-refractivity contribution in [3.05, 3.63) is 70.8 Å². The summed E-state index contributed by atoms with van der Waals surface area (Å²) in [6.07, 6.45) is 0. The minimum absolute atomic E-state index is 0.0344. The molecule has 0 saturated heterocycles. The molecule has 0 aromatic heterocycles. The lowest BCUT2D eigenvalue weighted by Crippen LogP contribution is -2.22. The maximum atomic E-state index is 12.4. The number of ketones is 1. The van der Waals surface area contributed by atoms with Crippen molar-refractivity contribution in [3.63, 3.8) is 0 Å². The van der Waals surface area contributed by atoms with Gasteiger partial charge in [0.15, 0.2) is 5.78 Å². The molecule has 7 heteroatoms. The molecule has 0 aliphatic heterocycles. The number of rotatable bonds is 4. The maximum absolute atomic E-state index is 12.4. The van der Waals surface area contributed by atoms with E-state index in [2.05, 4.69) is 0 Å². The molecule has 0 saturated carbocycles. The number of hydroxylamine groups is 2. The van der Waals surface area contributed by atoms with Gasteiger partial charge < -0.3 is 0 Å². The standard InChI is InChI=1S/C15H12N2O5/c18-13(9-5-7-10(8-6-9)14(19)16-21)11-3-1-2-4-12(11)15(20)17-22/h1-8,21-22H,(H,16,19)(H,17,20). The summed E-state index contributed by atoms with van der Waals surface area (Å²) in [5, 5.41) is 17.2. The van der Waals surface area contributed by atoms with Gasteiger partial charge in [-0.25, -0.2) is 11.0 Å². The van der Waals surface area contributed by atoms with Gasteiger partial charge in [-0.3, -0.25) is 24.8 Å². The Hall–Kier alpha value is -3.03. The lowest BCUT2D eigenvalue weighted by molar-refractivity contribution is 0.0701. The summed E-state index contributed by atoms with van der Waals surface area (Å²) in [4.78, 5) is 35.2. The van der Waals surface area contributed by atoms with E-state index in [1.54, 1.807) is 12.1 Å². The number of nitrogens with one attached hydrogen (secondary N) is 2. The highest BCUT2D eigenvalue weighted by atomic mass is 16.5. The van der Waals surface area contributed by atoms with Gasteiger partial charge in [0.1, 0.15) is 0 Å². The van der Waals surface area contributed by atoms with Crippen molar-refractivity contribution in [1.82, 2.24) is 11.0 Å². The fraction of sp³-hybridized carbons (Fsp3) is 0. The monoisotopic (exact) mass is 300 g/mol. The molecule has 0 unspecified atom stereocenters. The Morgan fingerprint density at radius 1 is 0.682 bits per heavy atom. The Kier molecular flexibility index (Phi) is 4.62. The van der Waals surface area contributed by atoms with Crippen molar-refractivity contribution in [2.75, 3.05) is 0 Å². The number of amides is 2. The van der Waals surface area contributed by atoms with E-state index >= 15 is 0 Å². The second kappa shape index (κ2) is 6.61. The van der Waals surface area contributed by atoms with E-state index < -0.39 is 17.6 Å². The summed E-state index contributed by atoms with van der Waals surface area (Å²) in [5.74, 6) is -1.92. The first kappa shape index (κ1) is 15.4. The Balaban J connectivity index is 2.37. The van der Waals surface area contributed by atoms with Crippen LogP contribution in [-0.4, -0.2) is 28.0 Å². The van der Waals surface area contributed by atoms with Crippen molar-refractivity contribution in [2.45, 2.75) is 0 Å². The Morgan fingerprint density at radius 3 is 1.73 bits per heavy atom. The van der Waals surface area contributed by atoms with Crippen LogP contribution < -0.4 is 11.0 Å². The van der Waals surface area contributed by atoms with Crippen molar-refractivity contribution >= 4 is 17.6 Å². The highest BCUT2D eigenvalue weighted by Gasteiger charge is 2.18.